The van der Waals surface area contributed by atoms with Gasteiger partial charge >= 0.3 is 0 Å². The van der Waals surface area contributed by atoms with Gasteiger partial charge in [-0.1, -0.05) is 31.5 Å². The smallest absolute Gasteiger partial charge is 0.251 e. The van der Waals surface area contributed by atoms with E-state index in [0.717, 1.165) is 24.0 Å². The fourth-order valence-corrected chi connectivity index (χ4v) is 2.79. The summed E-state index contributed by atoms with van der Waals surface area (Å²) in [7, 11) is 4.94. The molecule has 2 rings (SSSR count). The van der Waals surface area contributed by atoms with Gasteiger partial charge in [0.2, 0.25) is 5.91 Å². The highest BCUT2D eigenvalue weighted by Crippen LogP contribution is 2.28. The van der Waals surface area contributed by atoms with Gasteiger partial charge in [-0.25, -0.2) is 0 Å². The lowest BCUT2D eigenvalue weighted by molar-refractivity contribution is -0.125. The van der Waals surface area contributed by atoms with Crippen LogP contribution in [-0.4, -0.2) is 44.5 Å². The molecule has 6 heteroatoms. The molecule has 2 amide bonds. The van der Waals surface area contributed by atoms with Gasteiger partial charge in [0.05, 0.1) is 13.7 Å². The van der Waals surface area contributed by atoms with E-state index in [9.17, 15) is 9.59 Å². The molecule has 0 aromatic heterocycles. The second-order valence-corrected chi connectivity index (χ2v) is 6.92. The molecule has 160 valence electrons. The average Bonchev–Trinajstić information content (AvgIpc) is 2.78. The summed E-state index contributed by atoms with van der Waals surface area (Å²) in [6.45, 7) is 3.21. The summed E-state index contributed by atoms with van der Waals surface area (Å²) in [6, 6.07) is 12.8. The van der Waals surface area contributed by atoms with Crippen molar-refractivity contribution in [3.63, 3.8) is 0 Å². The van der Waals surface area contributed by atoms with Crippen molar-refractivity contribution in [3.8, 4) is 11.5 Å². The Morgan fingerprint density at radius 1 is 1.10 bits per heavy atom. The average molecular weight is 411 g/mol. The van der Waals surface area contributed by atoms with Crippen LogP contribution >= 0.6 is 0 Å². The van der Waals surface area contributed by atoms with Gasteiger partial charge in [0.25, 0.3) is 5.91 Å². The molecule has 6 nitrogen and oxygen atoms in total. The van der Waals surface area contributed by atoms with Gasteiger partial charge in [0.15, 0.2) is 11.5 Å². The van der Waals surface area contributed by atoms with Gasteiger partial charge in [0, 0.05) is 32.3 Å². The van der Waals surface area contributed by atoms with Crippen LogP contribution in [0.1, 0.15) is 41.3 Å². The largest absolute Gasteiger partial charge is 0.493 e. The fourth-order valence-electron chi connectivity index (χ4n) is 2.79. The van der Waals surface area contributed by atoms with Crippen LogP contribution in [0.5, 0.6) is 11.5 Å². The lowest BCUT2D eigenvalue weighted by Crippen LogP contribution is -2.24. The third-order valence-corrected chi connectivity index (χ3v) is 4.60. The Balaban J connectivity index is 1.98. The minimum atomic E-state index is -0.133. The maximum absolute atomic E-state index is 12.5. The maximum atomic E-state index is 12.5. The molecule has 0 aliphatic heterocycles. The van der Waals surface area contributed by atoms with Gasteiger partial charge in [-0.2, -0.15) is 0 Å². The zero-order valence-corrected chi connectivity index (χ0v) is 18.1. The Labute approximate surface area is 178 Å². The zero-order chi connectivity index (χ0) is 21.9. The van der Waals surface area contributed by atoms with E-state index in [0.29, 0.717) is 30.2 Å². The van der Waals surface area contributed by atoms with E-state index in [1.807, 2.05) is 30.3 Å². The maximum Gasteiger partial charge on any atom is 0.251 e. The number of hydrogen-bond donors (Lipinski definition) is 1. The summed E-state index contributed by atoms with van der Waals surface area (Å²) in [5, 5.41) is 2.59. The monoisotopic (exact) mass is 410 g/mol. The molecule has 0 aliphatic rings. The van der Waals surface area contributed by atoms with E-state index >= 15 is 0 Å². The molecule has 0 aliphatic carbocycles. The molecule has 0 fully saturated rings. The first kappa shape index (κ1) is 23.0. The lowest BCUT2D eigenvalue weighted by Gasteiger charge is -2.15. The third kappa shape index (κ3) is 6.65. The van der Waals surface area contributed by atoms with Gasteiger partial charge in [-0.3, -0.25) is 9.59 Å². The number of unbranched alkanes of at least 4 members (excludes halogenated alkanes) is 1. The van der Waals surface area contributed by atoms with E-state index in [2.05, 4.69) is 12.2 Å². The van der Waals surface area contributed by atoms with Gasteiger partial charge in [0.1, 0.15) is 0 Å². The zero-order valence-electron chi connectivity index (χ0n) is 18.1. The minimum absolute atomic E-state index is 0.118. The Bertz CT molecular complexity index is 875. The van der Waals surface area contributed by atoms with Crippen LogP contribution in [0.3, 0.4) is 0 Å². The summed E-state index contributed by atoms with van der Waals surface area (Å²) in [5.74, 6) is 1.09. The van der Waals surface area contributed by atoms with Gasteiger partial charge < -0.3 is 19.7 Å². The Morgan fingerprint density at radius 3 is 2.47 bits per heavy atom. The molecule has 2 aromatic rings. The number of amides is 2. The van der Waals surface area contributed by atoms with E-state index in [1.54, 1.807) is 44.3 Å². The number of ether oxygens (including phenoxy) is 2. The van der Waals surface area contributed by atoms with Crippen molar-refractivity contribution in [2.24, 2.45) is 0 Å². The van der Waals surface area contributed by atoms with E-state index in [1.165, 1.54) is 6.08 Å². The molecule has 0 unspecified atom stereocenters. The second kappa shape index (κ2) is 11.7. The van der Waals surface area contributed by atoms with Crippen LogP contribution in [0.2, 0.25) is 0 Å². The number of likely N-dealkylation sites (N-methyl/N-ethyl adjacent to an activating group) is 1. The van der Waals surface area contributed by atoms with Crippen LogP contribution < -0.4 is 14.8 Å². The quantitative estimate of drug-likeness (QED) is 0.476. The number of benzene rings is 2. The molecule has 0 saturated heterocycles. The Hall–Kier alpha value is -3.28. The molecule has 0 spiro atoms. The van der Waals surface area contributed by atoms with Crippen molar-refractivity contribution < 1.29 is 19.1 Å². The SMILES string of the molecule is CCCCOc1ccc(/C=C/C(=O)N(C)Cc2ccc(C(=O)NC)cc2)cc1OC. The molecule has 0 radical (unpaired) electrons. The molecule has 1 N–H and O–H groups in total. The van der Waals surface area contributed by atoms with E-state index < -0.39 is 0 Å². The number of nitrogens with one attached hydrogen (secondary N) is 1. The number of rotatable bonds is 10. The summed E-state index contributed by atoms with van der Waals surface area (Å²) in [6.07, 6.45) is 5.34. The number of nitrogens with zero attached hydrogens (tertiary/aromatic N) is 1. The summed E-state index contributed by atoms with van der Waals surface area (Å²) < 4.78 is 11.1. The first-order chi connectivity index (χ1) is 14.5. The fraction of sp³-hybridized carbons (Fsp3) is 0.333. The highest BCUT2D eigenvalue weighted by atomic mass is 16.5. The van der Waals surface area contributed by atoms with Gasteiger partial charge in [-0.05, 0) is 47.9 Å². The first-order valence-corrected chi connectivity index (χ1v) is 10.0. The molecule has 2 aromatic carbocycles. The summed E-state index contributed by atoms with van der Waals surface area (Å²) >= 11 is 0. The molecule has 0 bridgehead atoms. The topological polar surface area (TPSA) is 67.9 Å². The minimum Gasteiger partial charge on any atom is -0.493 e. The highest BCUT2D eigenvalue weighted by Gasteiger charge is 2.09. The predicted molar refractivity (Wildman–Crippen MR) is 119 cm³/mol. The predicted octanol–water partition coefficient (Wildman–Crippen LogP) is 3.91. The number of carbonyl (C=O) groups is 2. The third-order valence-electron chi connectivity index (χ3n) is 4.60. The van der Waals surface area contributed by atoms with Crippen LogP contribution in [0.4, 0.5) is 0 Å². The molecule has 0 heterocycles. The lowest BCUT2D eigenvalue weighted by atomic mass is 10.1. The normalized spacial score (nSPS) is 10.7. The Kier molecular flexibility index (Phi) is 8.94. The van der Waals surface area contributed by atoms with Crippen molar-refractivity contribution >= 4 is 17.9 Å². The summed E-state index contributed by atoms with van der Waals surface area (Å²) in [4.78, 5) is 25.7. The molecule has 0 saturated carbocycles. The van der Waals surface area contributed by atoms with Crippen LogP contribution in [0.15, 0.2) is 48.5 Å². The molecular weight excluding hydrogens is 380 g/mol. The summed E-state index contributed by atoms with van der Waals surface area (Å²) in [5.41, 5.74) is 2.39. The van der Waals surface area contributed by atoms with Crippen LogP contribution in [0.25, 0.3) is 6.08 Å². The number of carbonyl (C=O) groups excluding carboxylic acids is 2. The van der Waals surface area contributed by atoms with E-state index in [4.69, 9.17) is 9.47 Å². The van der Waals surface area contributed by atoms with Crippen molar-refractivity contribution in [2.45, 2.75) is 26.3 Å². The highest BCUT2D eigenvalue weighted by molar-refractivity contribution is 5.94. The molecule has 0 atom stereocenters. The van der Waals surface area contributed by atoms with Crippen molar-refractivity contribution in [3.05, 3.63) is 65.2 Å². The number of methoxy groups -OCH3 is 1. The molecule has 30 heavy (non-hydrogen) atoms. The van der Waals surface area contributed by atoms with Crippen molar-refractivity contribution in [1.29, 1.82) is 0 Å². The van der Waals surface area contributed by atoms with Gasteiger partial charge in [-0.15, -0.1) is 0 Å². The molecular formula is C24H30N2O4. The second-order valence-electron chi connectivity index (χ2n) is 6.92. The first-order valence-electron chi connectivity index (χ1n) is 10.0. The van der Waals surface area contributed by atoms with E-state index in [-0.39, 0.29) is 11.8 Å². The van der Waals surface area contributed by atoms with Crippen molar-refractivity contribution in [2.75, 3.05) is 27.8 Å². The van der Waals surface area contributed by atoms with Crippen LogP contribution in [0, 0.1) is 0 Å². The van der Waals surface area contributed by atoms with Crippen LogP contribution in [-0.2, 0) is 11.3 Å². The Morgan fingerprint density at radius 2 is 1.83 bits per heavy atom. The standard InChI is InChI=1S/C24H30N2O4/c1-5-6-15-30-21-13-9-18(16-22(21)29-4)10-14-23(27)26(3)17-19-7-11-20(12-8-19)24(28)25-2/h7-14,16H,5-6,15,17H2,1-4H3,(H,25,28)/b14-10+. The number of hydrogen-bond acceptors (Lipinski definition) is 4. The van der Waals surface area contributed by atoms with Crippen molar-refractivity contribution in [1.82, 2.24) is 10.2 Å².